The van der Waals surface area contributed by atoms with E-state index in [1.165, 1.54) is 0 Å². The van der Waals surface area contributed by atoms with Crippen molar-refractivity contribution in [1.29, 1.82) is 0 Å². The normalized spacial score (nSPS) is 22.4. The highest BCUT2D eigenvalue weighted by Gasteiger charge is 2.27. The number of hydrogen-bond acceptors (Lipinski definition) is 4. The van der Waals surface area contributed by atoms with E-state index in [1.54, 1.807) is 6.92 Å². The number of nitrogens with one attached hydrogen (secondary N) is 1. The Labute approximate surface area is 103 Å². The lowest BCUT2D eigenvalue weighted by Crippen LogP contribution is -2.32. The van der Waals surface area contributed by atoms with E-state index in [2.05, 4.69) is 5.32 Å². The Morgan fingerprint density at radius 3 is 3.06 bits per heavy atom. The number of rotatable bonds is 3. The third kappa shape index (κ3) is 2.66. The van der Waals surface area contributed by atoms with Gasteiger partial charge in [-0.15, -0.1) is 0 Å². The van der Waals surface area contributed by atoms with Crippen LogP contribution in [0.2, 0.25) is 0 Å². The van der Waals surface area contributed by atoms with Gasteiger partial charge in [-0.2, -0.15) is 0 Å². The van der Waals surface area contributed by atoms with Crippen LogP contribution in [0, 0.1) is 0 Å². The van der Waals surface area contributed by atoms with Gasteiger partial charge in [0.2, 0.25) is 0 Å². The number of anilines is 1. The summed E-state index contributed by atoms with van der Waals surface area (Å²) in [6, 6.07) is 7.48. The van der Waals surface area contributed by atoms with Crippen molar-refractivity contribution in [3.63, 3.8) is 0 Å². The van der Waals surface area contributed by atoms with Crippen molar-refractivity contribution < 1.29 is 13.7 Å². The number of carbonyl (C=O) groups excluding carboxylic acids is 1. The first-order valence-corrected chi connectivity index (χ1v) is 6.82. The van der Waals surface area contributed by atoms with Gasteiger partial charge >= 0.3 is 5.97 Å². The molecule has 1 aliphatic rings. The van der Waals surface area contributed by atoms with Crippen LogP contribution in [0.25, 0.3) is 0 Å². The predicted octanol–water partition coefficient (Wildman–Crippen LogP) is 1.54. The van der Waals surface area contributed by atoms with Crippen LogP contribution in [0.5, 0.6) is 0 Å². The Morgan fingerprint density at radius 1 is 1.53 bits per heavy atom. The molecule has 1 heterocycles. The first-order valence-electron chi connectivity index (χ1n) is 5.61. The molecule has 2 atom stereocenters. The molecule has 1 aromatic carbocycles. The maximum absolute atomic E-state index is 12.2. The van der Waals surface area contributed by atoms with E-state index in [0.717, 1.165) is 10.6 Å². The van der Waals surface area contributed by atoms with Gasteiger partial charge in [0.25, 0.3) is 0 Å². The topological polar surface area (TPSA) is 55.4 Å². The lowest BCUT2D eigenvalue weighted by Gasteiger charge is -2.24. The maximum Gasteiger partial charge on any atom is 0.307 e. The Kier molecular flexibility index (Phi) is 3.78. The SMILES string of the molecule is CCOC(=O)CC1CNc2ccccc2S1=O. The molecule has 1 aromatic rings. The van der Waals surface area contributed by atoms with Crippen molar-refractivity contribution in [2.75, 3.05) is 18.5 Å². The molecule has 0 aliphatic carbocycles. The van der Waals surface area contributed by atoms with Crippen LogP contribution in [-0.4, -0.2) is 28.6 Å². The summed E-state index contributed by atoms with van der Waals surface area (Å²) in [5.41, 5.74) is 0.894. The molecule has 0 spiro atoms. The molecule has 5 heteroatoms. The lowest BCUT2D eigenvalue weighted by atomic mass is 10.2. The Balaban J connectivity index is 2.10. The number of ether oxygens (including phenoxy) is 1. The van der Waals surface area contributed by atoms with E-state index in [0.29, 0.717) is 13.2 Å². The molecule has 0 saturated carbocycles. The summed E-state index contributed by atoms with van der Waals surface area (Å²) in [4.78, 5) is 12.2. The summed E-state index contributed by atoms with van der Waals surface area (Å²) < 4.78 is 17.1. The van der Waals surface area contributed by atoms with Gasteiger partial charge < -0.3 is 10.1 Å². The van der Waals surface area contributed by atoms with E-state index >= 15 is 0 Å². The highest BCUT2D eigenvalue weighted by Crippen LogP contribution is 2.27. The van der Waals surface area contributed by atoms with Crippen LogP contribution in [0.3, 0.4) is 0 Å². The number of fused-ring (bicyclic) bond motifs is 1. The number of benzene rings is 1. The van der Waals surface area contributed by atoms with Crippen LogP contribution in [0.4, 0.5) is 5.69 Å². The average molecular weight is 253 g/mol. The first-order chi connectivity index (χ1) is 8.22. The Hall–Kier alpha value is -1.36. The fraction of sp³-hybridized carbons (Fsp3) is 0.417. The minimum atomic E-state index is -1.14. The molecule has 92 valence electrons. The van der Waals surface area contributed by atoms with Gasteiger partial charge in [-0.25, -0.2) is 0 Å². The van der Waals surface area contributed by atoms with Crippen molar-refractivity contribution in [3.8, 4) is 0 Å². The first kappa shape index (κ1) is 12.1. The molecule has 0 radical (unpaired) electrons. The van der Waals surface area contributed by atoms with Gasteiger partial charge in [0.05, 0.1) is 39.7 Å². The molecule has 1 N–H and O–H groups in total. The molecule has 2 rings (SSSR count). The van der Waals surface area contributed by atoms with Gasteiger partial charge in [-0.1, -0.05) is 12.1 Å². The number of esters is 1. The zero-order valence-corrected chi connectivity index (χ0v) is 10.5. The van der Waals surface area contributed by atoms with Crippen LogP contribution in [0.1, 0.15) is 13.3 Å². The summed E-state index contributed by atoms with van der Waals surface area (Å²) in [6.07, 6.45) is 0.196. The highest BCUT2D eigenvalue weighted by molar-refractivity contribution is 7.86. The summed E-state index contributed by atoms with van der Waals surface area (Å²) in [6.45, 7) is 2.67. The molecule has 0 amide bonds. The molecule has 4 nitrogen and oxygen atoms in total. The minimum Gasteiger partial charge on any atom is -0.466 e. The fourth-order valence-electron chi connectivity index (χ4n) is 1.82. The van der Waals surface area contributed by atoms with E-state index in [4.69, 9.17) is 4.74 Å². The fourth-order valence-corrected chi connectivity index (χ4v) is 3.27. The average Bonchev–Trinajstić information content (AvgIpc) is 2.33. The van der Waals surface area contributed by atoms with Crippen molar-refractivity contribution in [3.05, 3.63) is 24.3 Å². The second-order valence-corrected chi connectivity index (χ2v) is 5.51. The molecule has 1 aliphatic heterocycles. The molecule has 0 saturated heterocycles. The van der Waals surface area contributed by atoms with Crippen LogP contribution < -0.4 is 5.32 Å². The zero-order chi connectivity index (χ0) is 12.3. The Bertz CT molecular complexity index is 447. The molecule has 0 bridgehead atoms. The predicted molar refractivity (Wildman–Crippen MR) is 66.4 cm³/mol. The monoisotopic (exact) mass is 253 g/mol. The van der Waals surface area contributed by atoms with Gasteiger partial charge in [0.1, 0.15) is 0 Å². The van der Waals surface area contributed by atoms with Gasteiger partial charge in [0.15, 0.2) is 0 Å². The van der Waals surface area contributed by atoms with E-state index in [1.807, 2.05) is 24.3 Å². The van der Waals surface area contributed by atoms with Gasteiger partial charge in [0, 0.05) is 6.54 Å². The van der Waals surface area contributed by atoms with Crippen molar-refractivity contribution in [1.82, 2.24) is 0 Å². The Morgan fingerprint density at radius 2 is 2.29 bits per heavy atom. The van der Waals surface area contributed by atoms with Crippen molar-refractivity contribution in [2.24, 2.45) is 0 Å². The van der Waals surface area contributed by atoms with E-state index < -0.39 is 10.8 Å². The van der Waals surface area contributed by atoms with Crippen molar-refractivity contribution >= 4 is 22.5 Å². The summed E-state index contributed by atoms with van der Waals surface area (Å²) in [5, 5.41) is 2.99. The van der Waals surface area contributed by atoms with Crippen LogP contribution >= 0.6 is 0 Å². The third-order valence-electron chi connectivity index (χ3n) is 2.63. The molecule has 0 fully saturated rings. The molecular weight excluding hydrogens is 238 g/mol. The quantitative estimate of drug-likeness (QED) is 0.830. The van der Waals surface area contributed by atoms with E-state index in [-0.39, 0.29) is 17.6 Å². The maximum atomic E-state index is 12.2. The number of carbonyl (C=O) groups is 1. The second kappa shape index (κ2) is 5.31. The molecule has 17 heavy (non-hydrogen) atoms. The number of para-hydroxylation sites is 1. The van der Waals surface area contributed by atoms with E-state index in [9.17, 15) is 9.00 Å². The summed E-state index contributed by atoms with van der Waals surface area (Å²) in [7, 11) is -1.14. The second-order valence-electron chi connectivity index (χ2n) is 3.81. The van der Waals surface area contributed by atoms with Crippen LogP contribution in [-0.2, 0) is 20.3 Å². The molecule has 0 aromatic heterocycles. The van der Waals surface area contributed by atoms with Crippen LogP contribution in [0.15, 0.2) is 29.2 Å². The smallest absolute Gasteiger partial charge is 0.307 e. The minimum absolute atomic E-state index is 0.196. The van der Waals surface area contributed by atoms with Crippen molar-refractivity contribution in [2.45, 2.75) is 23.5 Å². The lowest BCUT2D eigenvalue weighted by molar-refractivity contribution is -0.143. The number of hydrogen-bond donors (Lipinski definition) is 1. The van der Waals surface area contributed by atoms with Gasteiger partial charge in [-0.05, 0) is 19.1 Å². The zero-order valence-electron chi connectivity index (χ0n) is 9.64. The molecular formula is C12H15NO3S. The third-order valence-corrected chi connectivity index (χ3v) is 4.35. The standard InChI is InChI=1S/C12H15NO3S/c1-2-16-12(14)7-9-8-13-10-5-3-4-6-11(10)17(9)15/h3-6,9,13H,2,7-8H2,1H3. The summed E-state index contributed by atoms with van der Waals surface area (Å²) >= 11 is 0. The molecule has 2 unspecified atom stereocenters. The largest absolute Gasteiger partial charge is 0.466 e. The summed E-state index contributed by atoms with van der Waals surface area (Å²) in [5.74, 6) is -0.285. The highest BCUT2D eigenvalue weighted by atomic mass is 32.2. The van der Waals surface area contributed by atoms with Gasteiger partial charge in [-0.3, -0.25) is 9.00 Å².